The van der Waals surface area contributed by atoms with E-state index in [0.29, 0.717) is 27.0 Å². The quantitative estimate of drug-likeness (QED) is 0.174. The maximum atomic E-state index is 2.74. The van der Waals surface area contributed by atoms with Crippen molar-refractivity contribution in [2.24, 2.45) is 10.8 Å². The van der Waals surface area contributed by atoms with Crippen LogP contribution in [0.15, 0.2) is 120 Å². The number of fused-ring (bicyclic) bond motifs is 6. The molecule has 1 heterocycles. The molecule has 5 aliphatic rings. The molecule has 9 rings (SSSR count). The molecule has 316 valence electrons. The summed E-state index contributed by atoms with van der Waals surface area (Å²) in [5, 5.41) is 0.579. The number of hydrogen-bond donors (Lipinski definition) is 0. The van der Waals surface area contributed by atoms with Gasteiger partial charge in [0.1, 0.15) is 0 Å². The third-order valence-electron chi connectivity index (χ3n) is 14.5. The fraction of sp³-hybridized carbons (Fsp3) is 0.418. The molecular weight excluding hydrogens is 749 g/mol. The summed E-state index contributed by atoms with van der Waals surface area (Å²) in [4.78, 5) is 0. The minimum absolute atomic E-state index is 0. The zero-order valence-corrected chi connectivity index (χ0v) is 38.4. The van der Waals surface area contributed by atoms with Gasteiger partial charge < -0.3 is 11.0 Å². The van der Waals surface area contributed by atoms with Crippen LogP contribution in [0.1, 0.15) is 145 Å². The van der Waals surface area contributed by atoms with Crippen molar-refractivity contribution in [2.45, 2.75) is 136 Å². The molecule has 1 aliphatic heterocycles. The number of rotatable bonds is 6. The van der Waals surface area contributed by atoms with Crippen molar-refractivity contribution in [3.8, 4) is 0 Å². The molecule has 6 atom stereocenters. The van der Waals surface area contributed by atoms with Gasteiger partial charge in [-0.05, 0) is 80.1 Å². The van der Waals surface area contributed by atoms with Gasteiger partial charge in [-0.15, -0.1) is 0 Å². The van der Waals surface area contributed by atoms with Crippen LogP contribution in [0, 0.1) is 10.8 Å². The summed E-state index contributed by atoms with van der Waals surface area (Å²) in [6.07, 6.45) is 18.6. The van der Waals surface area contributed by atoms with E-state index < -0.39 is 16.1 Å². The molecule has 0 bridgehead atoms. The average Bonchev–Trinajstić information content (AvgIpc) is 3.93. The Kier molecular flexibility index (Phi) is 13.7. The third-order valence-corrected chi connectivity index (χ3v) is 27.3. The highest BCUT2D eigenvalue weighted by Crippen LogP contribution is 2.72. The molecule has 1 saturated heterocycles. The SMILES string of the molecule is C.C.CCC1=Cc2ccccc2C12CC1(C=Cc3ccccc31)[Si]2(C)CC(C)(C)C.CCC1=Cc2ccccc2C1[Si](C)(CC(C)(C)C)C1C=Cc2ccccc21.O.O. The lowest BCUT2D eigenvalue weighted by Gasteiger charge is -2.70. The van der Waals surface area contributed by atoms with Crippen LogP contribution in [-0.4, -0.2) is 27.1 Å². The molecule has 4 heteroatoms. The minimum Gasteiger partial charge on any atom is -0.412 e. The van der Waals surface area contributed by atoms with Gasteiger partial charge in [0.15, 0.2) is 0 Å². The summed E-state index contributed by atoms with van der Waals surface area (Å²) in [6.45, 7) is 24.8. The Hall–Kier alpha value is -3.81. The monoisotopic (exact) mass is 825 g/mol. The molecule has 0 aromatic heterocycles. The van der Waals surface area contributed by atoms with Crippen molar-refractivity contribution in [1.29, 1.82) is 0 Å². The number of allylic oxidation sites excluding steroid dienone is 4. The lowest BCUT2D eigenvalue weighted by atomic mass is 9.79. The Balaban J connectivity index is 0.000000244. The number of hydrogen-bond acceptors (Lipinski definition) is 0. The van der Waals surface area contributed by atoms with Crippen molar-refractivity contribution < 1.29 is 11.0 Å². The van der Waals surface area contributed by atoms with Gasteiger partial charge >= 0.3 is 0 Å². The van der Waals surface area contributed by atoms with Crippen LogP contribution in [0.3, 0.4) is 0 Å². The summed E-state index contributed by atoms with van der Waals surface area (Å²) < 4.78 is 0. The third kappa shape index (κ3) is 7.41. The van der Waals surface area contributed by atoms with Crippen LogP contribution >= 0.6 is 0 Å². The molecule has 4 aliphatic carbocycles. The van der Waals surface area contributed by atoms with Gasteiger partial charge in [-0.1, -0.05) is 240 Å². The van der Waals surface area contributed by atoms with Crippen molar-refractivity contribution >= 4 is 40.5 Å². The van der Waals surface area contributed by atoms with Crippen molar-refractivity contribution in [1.82, 2.24) is 0 Å². The smallest absolute Gasteiger partial charge is 0.0830 e. The highest BCUT2D eigenvalue weighted by atomic mass is 28.3. The number of benzene rings is 4. The van der Waals surface area contributed by atoms with E-state index in [2.05, 4.69) is 202 Å². The average molecular weight is 825 g/mol. The Bertz CT molecular complexity index is 2260. The van der Waals surface area contributed by atoms with Crippen molar-refractivity contribution in [3.05, 3.63) is 165 Å². The molecule has 0 saturated carbocycles. The van der Waals surface area contributed by atoms with E-state index >= 15 is 0 Å². The molecule has 0 amide bonds. The van der Waals surface area contributed by atoms with Gasteiger partial charge in [-0.2, -0.15) is 0 Å². The maximum absolute atomic E-state index is 2.74. The first-order chi connectivity index (χ1) is 26.1. The molecular formula is C55H76O2Si2. The molecule has 2 spiro atoms. The molecule has 4 N–H and O–H groups in total. The Morgan fingerprint density at radius 3 is 1.81 bits per heavy atom. The zero-order valence-electron chi connectivity index (χ0n) is 36.4. The molecule has 4 aromatic rings. The lowest BCUT2D eigenvalue weighted by molar-refractivity contribution is 0.368. The largest absolute Gasteiger partial charge is 0.412 e. The standard InChI is InChI=1S/C27H32Si.C26H32Si.2CH4.2H2O/c1-6-22-17-21-12-8-10-14-24(21)27(22)18-26(28(27,5)19-25(2,3)4)16-15-20-11-7-9-13-23(20)26;1-6-19-17-21-12-8-10-14-23(21)25(19)27(5,18-26(2,3)4)24-16-15-20-11-7-9-13-22(20)24;;;;/h7-17H,6,18-19H2,1-5H3;7-17,24-25H,6,18H2,1-5H3;2*1H4;2*1H2. The van der Waals surface area contributed by atoms with Gasteiger partial charge in [0.05, 0.1) is 16.1 Å². The van der Waals surface area contributed by atoms with E-state index in [1.807, 2.05) is 0 Å². The fourth-order valence-corrected chi connectivity index (χ4v) is 27.3. The summed E-state index contributed by atoms with van der Waals surface area (Å²) in [5.74, 6) is 0. The molecule has 4 aromatic carbocycles. The molecule has 59 heavy (non-hydrogen) atoms. The highest BCUT2D eigenvalue weighted by Gasteiger charge is 2.75. The molecule has 0 radical (unpaired) electrons. The summed E-state index contributed by atoms with van der Waals surface area (Å²) >= 11 is 0. The van der Waals surface area contributed by atoms with Gasteiger partial charge in [0.2, 0.25) is 0 Å². The zero-order chi connectivity index (χ0) is 39.0. The predicted octanol–water partition coefficient (Wildman–Crippen LogP) is 14.5. The first-order valence-corrected chi connectivity index (χ1v) is 26.8. The van der Waals surface area contributed by atoms with Gasteiger partial charge in [-0.25, -0.2) is 0 Å². The summed E-state index contributed by atoms with van der Waals surface area (Å²) in [6, 6.07) is 39.4. The topological polar surface area (TPSA) is 63.0 Å². The summed E-state index contributed by atoms with van der Waals surface area (Å²) in [5.41, 5.74) is 17.5. The van der Waals surface area contributed by atoms with Crippen LogP contribution in [-0.2, 0) is 10.1 Å². The minimum atomic E-state index is -1.81. The predicted molar refractivity (Wildman–Crippen MR) is 266 cm³/mol. The van der Waals surface area contributed by atoms with Crippen LogP contribution < -0.4 is 0 Å². The molecule has 6 unspecified atom stereocenters. The second-order valence-corrected chi connectivity index (χ2v) is 29.8. The van der Waals surface area contributed by atoms with Crippen LogP contribution in [0.2, 0.25) is 25.2 Å². The first-order valence-electron chi connectivity index (χ1n) is 21.3. The first kappa shape index (κ1) is 47.9. The molecule has 2 nitrogen and oxygen atoms in total. The maximum Gasteiger partial charge on any atom is 0.0830 e. The van der Waals surface area contributed by atoms with E-state index in [1.165, 1.54) is 47.2 Å². The van der Waals surface area contributed by atoms with E-state index in [-0.39, 0.29) is 30.8 Å². The fourth-order valence-electron chi connectivity index (χ4n) is 13.0. The van der Waals surface area contributed by atoms with Crippen LogP contribution in [0.4, 0.5) is 0 Å². The molecule has 1 fully saturated rings. The highest BCUT2D eigenvalue weighted by molar-refractivity contribution is 6.89. The van der Waals surface area contributed by atoms with E-state index in [1.54, 1.807) is 33.4 Å². The van der Waals surface area contributed by atoms with Crippen molar-refractivity contribution in [3.63, 3.8) is 0 Å². The van der Waals surface area contributed by atoms with E-state index in [0.717, 1.165) is 6.42 Å². The van der Waals surface area contributed by atoms with Gasteiger partial charge in [-0.3, -0.25) is 0 Å². The Morgan fingerprint density at radius 2 is 1.20 bits per heavy atom. The van der Waals surface area contributed by atoms with E-state index in [9.17, 15) is 0 Å². The lowest BCUT2D eigenvalue weighted by Crippen LogP contribution is -2.78. The second kappa shape index (κ2) is 16.9. The summed E-state index contributed by atoms with van der Waals surface area (Å²) in [7, 11) is -3.57. The normalized spacial score (nSPS) is 25.9. The Morgan fingerprint density at radius 1 is 0.644 bits per heavy atom. The second-order valence-electron chi connectivity index (χ2n) is 20.5. The Labute approximate surface area is 361 Å². The van der Waals surface area contributed by atoms with Gasteiger partial charge in [0.25, 0.3) is 0 Å². The van der Waals surface area contributed by atoms with E-state index in [4.69, 9.17) is 0 Å². The van der Waals surface area contributed by atoms with Gasteiger partial charge in [0, 0.05) is 15.6 Å². The van der Waals surface area contributed by atoms with Crippen LogP contribution in [0.5, 0.6) is 0 Å². The van der Waals surface area contributed by atoms with Crippen molar-refractivity contribution in [2.75, 3.05) is 0 Å². The van der Waals surface area contributed by atoms with Crippen LogP contribution in [0.25, 0.3) is 24.3 Å².